The molecule has 0 spiro atoms. The second kappa shape index (κ2) is 7.95. The van der Waals surface area contributed by atoms with Gasteiger partial charge in [0, 0.05) is 12.0 Å². The summed E-state index contributed by atoms with van der Waals surface area (Å²) in [4.78, 5) is 16.5. The number of methoxy groups -OCH3 is 3. The molecule has 1 aliphatic rings. The Bertz CT molecular complexity index is 930. The van der Waals surface area contributed by atoms with E-state index in [1.807, 2.05) is 37.3 Å². The van der Waals surface area contributed by atoms with E-state index in [9.17, 15) is 4.79 Å². The van der Waals surface area contributed by atoms with Gasteiger partial charge >= 0.3 is 5.97 Å². The van der Waals surface area contributed by atoms with Crippen LogP contribution in [0.3, 0.4) is 0 Å². The van der Waals surface area contributed by atoms with Crippen molar-refractivity contribution in [3.05, 3.63) is 58.8 Å². The number of aryl methyl sites for hydroxylation is 1. The van der Waals surface area contributed by atoms with Crippen LogP contribution in [0.25, 0.3) is 6.08 Å². The van der Waals surface area contributed by atoms with Gasteiger partial charge in [-0.15, -0.1) is 0 Å². The van der Waals surface area contributed by atoms with Gasteiger partial charge in [0.25, 0.3) is 0 Å². The highest BCUT2D eigenvalue weighted by Gasteiger charge is 2.24. The molecule has 6 nitrogen and oxygen atoms in total. The number of aliphatic imine (C=N–C) groups is 1. The fourth-order valence-electron chi connectivity index (χ4n) is 2.81. The number of cyclic esters (lactones) is 1. The van der Waals surface area contributed by atoms with Gasteiger partial charge in [-0.05, 0) is 42.8 Å². The Kier molecular flexibility index (Phi) is 5.45. The molecule has 0 saturated heterocycles. The van der Waals surface area contributed by atoms with E-state index in [1.165, 1.54) is 0 Å². The third-order valence-electron chi connectivity index (χ3n) is 4.15. The van der Waals surface area contributed by atoms with Gasteiger partial charge in [-0.2, -0.15) is 0 Å². The first kappa shape index (κ1) is 18.5. The highest BCUT2D eigenvalue weighted by atomic mass is 16.6. The summed E-state index contributed by atoms with van der Waals surface area (Å²) >= 11 is 0. The Morgan fingerprint density at radius 3 is 2.37 bits per heavy atom. The standard InChI is InChI=1S/C21H21NO5/c1-13-5-7-17(24-2)15(9-13)12-16-21(23)27-20(22-16)11-14-6-8-18(25-3)19(10-14)26-4/h5-10,12H,11H2,1-4H3/b16-12+. The van der Waals surface area contributed by atoms with Gasteiger partial charge < -0.3 is 18.9 Å². The number of rotatable bonds is 6. The topological polar surface area (TPSA) is 66.3 Å². The van der Waals surface area contributed by atoms with Crippen molar-refractivity contribution in [3.63, 3.8) is 0 Å². The maximum Gasteiger partial charge on any atom is 0.363 e. The Morgan fingerprint density at radius 2 is 1.67 bits per heavy atom. The monoisotopic (exact) mass is 367 g/mol. The Labute approximate surface area is 158 Å². The number of hydrogen-bond acceptors (Lipinski definition) is 6. The zero-order valence-corrected chi connectivity index (χ0v) is 15.7. The van der Waals surface area contributed by atoms with Gasteiger partial charge in [-0.25, -0.2) is 9.79 Å². The van der Waals surface area contributed by atoms with E-state index in [4.69, 9.17) is 18.9 Å². The van der Waals surface area contributed by atoms with Crippen molar-refractivity contribution in [2.24, 2.45) is 4.99 Å². The van der Waals surface area contributed by atoms with Crippen LogP contribution in [-0.2, 0) is 16.0 Å². The molecule has 0 atom stereocenters. The molecule has 140 valence electrons. The average molecular weight is 367 g/mol. The molecule has 1 aliphatic heterocycles. The largest absolute Gasteiger partial charge is 0.496 e. The van der Waals surface area contributed by atoms with Crippen LogP contribution in [-0.4, -0.2) is 33.2 Å². The number of nitrogens with zero attached hydrogens (tertiary/aromatic N) is 1. The summed E-state index contributed by atoms with van der Waals surface area (Å²) in [5.74, 6) is 1.78. The van der Waals surface area contributed by atoms with Crippen LogP contribution in [0.5, 0.6) is 17.2 Å². The van der Waals surface area contributed by atoms with Crippen LogP contribution >= 0.6 is 0 Å². The van der Waals surface area contributed by atoms with Crippen LogP contribution in [0.4, 0.5) is 0 Å². The van der Waals surface area contributed by atoms with E-state index in [0.717, 1.165) is 16.7 Å². The molecular formula is C21H21NO5. The van der Waals surface area contributed by atoms with Crippen LogP contribution in [0.1, 0.15) is 16.7 Å². The predicted octanol–water partition coefficient (Wildman–Crippen LogP) is 3.56. The molecule has 0 aliphatic carbocycles. The number of ether oxygens (including phenoxy) is 4. The van der Waals surface area contributed by atoms with E-state index in [1.54, 1.807) is 33.5 Å². The molecule has 0 bridgehead atoms. The first-order chi connectivity index (χ1) is 13.0. The van der Waals surface area contributed by atoms with Crippen LogP contribution in [0.2, 0.25) is 0 Å². The minimum Gasteiger partial charge on any atom is -0.496 e. The molecule has 0 unspecified atom stereocenters. The number of benzene rings is 2. The van der Waals surface area contributed by atoms with Crippen molar-refractivity contribution < 1.29 is 23.7 Å². The van der Waals surface area contributed by atoms with Crippen LogP contribution in [0, 0.1) is 6.92 Å². The summed E-state index contributed by atoms with van der Waals surface area (Å²) in [5, 5.41) is 0. The molecular weight excluding hydrogens is 346 g/mol. The highest BCUT2D eigenvalue weighted by molar-refractivity contribution is 6.07. The number of esters is 1. The first-order valence-electron chi connectivity index (χ1n) is 8.41. The third kappa shape index (κ3) is 4.11. The molecule has 2 aromatic rings. The third-order valence-corrected chi connectivity index (χ3v) is 4.15. The summed E-state index contributed by atoms with van der Waals surface area (Å²) in [7, 11) is 4.74. The van der Waals surface area contributed by atoms with Gasteiger partial charge in [0.1, 0.15) is 5.75 Å². The van der Waals surface area contributed by atoms with Crippen molar-refractivity contribution in [1.29, 1.82) is 0 Å². The maximum absolute atomic E-state index is 12.2. The lowest BCUT2D eigenvalue weighted by Crippen LogP contribution is -2.07. The minimum atomic E-state index is -0.478. The fraction of sp³-hybridized carbons (Fsp3) is 0.238. The zero-order valence-electron chi connectivity index (χ0n) is 15.7. The van der Waals surface area contributed by atoms with Crippen molar-refractivity contribution in [1.82, 2.24) is 0 Å². The van der Waals surface area contributed by atoms with E-state index in [2.05, 4.69) is 4.99 Å². The second-order valence-electron chi connectivity index (χ2n) is 6.04. The lowest BCUT2D eigenvalue weighted by atomic mass is 10.1. The van der Waals surface area contributed by atoms with Gasteiger partial charge in [0.05, 0.1) is 21.3 Å². The van der Waals surface area contributed by atoms with Gasteiger partial charge in [0.15, 0.2) is 17.2 Å². The predicted molar refractivity (Wildman–Crippen MR) is 102 cm³/mol. The molecule has 2 aromatic carbocycles. The van der Waals surface area contributed by atoms with Crippen molar-refractivity contribution in [2.45, 2.75) is 13.3 Å². The van der Waals surface area contributed by atoms with Gasteiger partial charge in [-0.1, -0.05) is 17.7 Å². The summed E-state index contributed by atoms with van der Waals surface area (Å²) < 4.78 is 21.2. The zero-order chi connectivity index (χ0) is 19.4. The van der Waals surface area contributed by atoms with Crippen molar-refractivity contribution in [3.8, 4) is 17.2 Å². The minimum absolute atomic E-state index is 0.245. The van der Waals surface area contributed by atoms with E-state index in [0.29, 0.717) is 29.6 Å². The van der Waals surface area contributed by atoms with Crippen LogP contribution < -0.4 is 14.2 Å². The molecule has 27 heavy (non-hydrogen) atoms. The molecule has 0 aromatic heterocycles. The molecule has 1 heterocycles. The summed E-state index contributed by atoms with van der Waals surface area (Å²) in [5.41, 5.74) is 2.98. The summed E-state index contributed by atoms with van der Waals surface area (Å²) in [6.07, 6.45) is 2.05. The van der Waals surface area contributed by atoms with Crippen molar-refractivity contribution >= 4 is 17.9 Å². The molecule has 3 rings (SSSR count). The maximum atomic E-state index is 12.2. The first-order valence-corrected chi connectivity index (χ1v) is 8.41. The Balaban J connectivity index is 1.86. The normalized spacial score (nSPS) is 14.7. The molecule has 0 saturated carbocycles. The Hall–Kier alpha value is -3.28. The second-order valence-corrected chi connectivity index (χ2v) is 6.04. The summed E-state index contributed by atoms with van der Waals surface area (Å²) in [6, 6.07) is 11.3. The SMILES string of the molecule is COc1ccc(C)cc1/C=C1/N=C(Cc2ccc(OC)c(OC)c2)OC1=O. The van der Waals surface area contributed by atoms with E-state index < -0.39 is 5.97 Å². The quantitative estimate of drug-likeness (QED) is 0.577. The highest BCUT2D eigenvalue weighted by Crippen LogP contribution is 2.29. The van der Waals surface area contributed by atoms with Crippen molar-refractivity contribution in [2.75, 3.05) is 21.3 Å². The number of carbonyl (C=O) groups is 1. The van der Waals surface area contributed by atoms with E-state index >= 15 is 0 Å². The summed E-state index contributed by atoms with van der Waals surface area (Å²) in [6.45, 7) is 1.97. The van der Waals surface area contributed by atoms with Gasteiger partial charge in [-0.3, -0.25) is 0 Å². The fourth-order valence-corrected chi connectivity index (χ4v) is 2.81. The average Bonchev–Trinajstić information content (AvgIpc) is 3.00. The van der Waals surface area contributed by atoms with Crippen LogP contribution in [0.15, 0.2) is 47.1 Å². The van der Waals surface area contributed by atoms with Gasteiger partial charge in [0.2, 0.25) is 5.90 Å². The molecule has 0 radical (unpaired) electrons. The lowest BCUT2D eigenvalue weighted by molar-refractivity contribution is -0.130. The molecule has 0 N–H and O–H groups in total. The molecule has 0 fully saturated rings. The Morgan fingerprint density at radius 1 is 0.963 bits per heavy atom. The smallest absolute Gasteiger partial charge is 0.363 e. The number of hydrogen-bond donors (Lipinski definition) is 0. The lowest BCUT2D eigenvalue weighted by Gasteiger charge is -2.09. The number of carbonyl (C=O) groups excluding carboxylic acids is 1. The molecule has 0 amide bonds. The van der Waals surface area contributed by atoms with E-state index in [-0.39, 0.29) is 5.70 Å². The molecule has 6 heteroatoms.